The molecule has 0 aliphatic rings. The summed E-state index contributed by atoms with van der Waals surface area (Å²) in [6.07, 6.45) is 6.78. The molecule has 3 heteroatoms. The minimum Gasteiger partial charge on any atom is -0.354 e. The Bertz CT molecular complexity index is 298. The Kier molecular flexibility index (Phi) is 4.81. The molecule has 0 aliphatic carbocycles. The minimum atomic E-state index is 0.0453. The predicted octanol–water partition coefficient (Wildman–Crippen LogP) is 1.93. The van der Waals surface area contributed by atoms with Gasteiger partial charge < -0.3 is 5.32 Å². The zero-order chi connectivity index (χ0) is 11.1. The Morgan fingerprint density at radius 1 is 1.60 bits per heavy atom. The number of hydrogen-bond donors (Lipinski definition) is 1. The van der Waals surface area contributed by atoms with Crippen LogP contribution >= 0.6 is 0 Å². The number of carbonyl (C=O) groups excluding carboxylic acids is 1. The van der Waals surface area contributed by atoms with E-state index in [1.54, 1.807) is 13.1 Å². The number of nitrogens with one attached hydrogen (secondary N) is 1. The molecule has 15 heavy (non-hydrogen) atoms. The van der Waals surface area contributed by atoms with Gasteiger partial charge in [0.15, 0.2) is 0 Å². The third kappa shape index (κ3) is 5.15. The van der Waals surface area contributed by atoms with Crippen LogP contribution in [0.5, 0.6) is 0 Å². The van der Waals surface area contributed by atoms with Crippen molar-refractivity contribution in [3.63, 3.8) is 0 Å². The van der Waals surface area contributed by atoms with Gasteiger partial charge in [0, 0.05) is 25.4 Å². The van der Waals surface area contributed by atoms with Gasteiger partial charge in [-0.05, 0) is 37.8 Å². The topological polar surface area (TPSA) is 42.0 Å². The summed E-state index contributed by atoms with van der Waals surface area (Å²) in [6, 6.07) is 4.29. The fraction of sp³-hybridized carbons (Fsp3) is 0.500. The van der Waals surface area contributed by atoms with Crippen molar-refractivity contribution >= 4 is 5.91 Å². The molecule has 0 fully saturated rings. The van der Waals surface area contributed by atoms with E-state index in [4.69, 9.17) is 0 Å². The van der Waals surface area contributed by atoms with Crippen molar-refractivity contribution in [2.45, 2.75) is 39.2 Å². The first kappa shape index (κ1) is 11.7. The molecule has 0 radical (unpaired) electrons. The van der Waals surface area contributed by atoms with Gasteiger partial charge in [-0.1, -0.05) is 6.07 Å². The van der Waals surface area contributed by atoms with Crippen molar-refractivity contribution in [2.75, 3.05) is 0 Å². The Morgan fingerprint density at radius 2 is 2.40 bits per heavy atom. The van der Waals surface area contributed by atoms with E-state index in [2.05, 4.69) is 16.4 Å². The summed E-state index contributed by atoms with van der Waals surface area (Å²) < 4.78 is 0. The van der Waals surface area contributed by atoms with Crippen molar-refractivity contribution < 1.29 is 4.79 Å². The summed E-state index contributed by atoms with van der Waals surface area (Å²) in [5.74, 6) is 0.0453. The molecule has 0 aromatic carbocycles. The fourth-order valence-electron chi connectivity index (χ4n) is 1.58. The minimum absolute atomic E-state index is 0.0453. The molecule has 0 spiro atoms. The highest BCUT2D eigenvalue weighted by atomic mass is 16.1. The molecule has 0 bridgehead atoms. The highest BCUT2D eigenvalue weighted by Gasteiger charge is 2.02. The molecule has 1 amide bonds. The molecular formula is C12H18N2O. The van der Waals surface area contributed by atoms with Crippen molar-refractivity contribution in [3.05, 3.63) is 30.1 Å². The van der Waals surface area contributed by atoms with Gasteiger partial charge in [-0.2, -0.15) is 0 Å². The first-order valence-electron chi connectivity index (χ1n) is 5.34. The lowest BCUT2D eigenvalue weighted by atomic mass is 10.1. The van der Waals surface area contributed by atoms with E-state index in [1.165, 1.54) is 5.56 Å². The van der Waals surface area contributed by atoms with Crippen LogP contribution in [0.4, 0.5) is 0 Å². The Morgan fingerprint density at radius 3 is 3.00 bits per heavy atom. The van der Waals surface area contributed by atoms with E-state index in [-0.39, 0.29) is 11.9 Å². The van der Waals surface area contributed by atoms with Gasteiger partial charge in [0.1, 0.15) is 0 Å². The average molecular weight is 206 g/mol. The van der Waals surface area contributed by atoms with Crippen LogP contribution in [0.2, 0.25) is 0 Å². The zero-order valence-electron chi connectivity index (χ0n) is 9.36. The third-order valence-corrected chi connectivity index (χ3v) is 2.28. The van der Waals surface area contributed by atoms with Crippen LogP contribution in [0.1, 0.15) is 32.3 Å². The van der Waals surface area contributed by atoms with Gasteiger partial charge in [0.25, 0.3) is 0 Å². The molecule has 0 saturated carbocycles. The SMILES string of the molecule is CC(=O)NC(C)CCCc1cccnc1. The highest BCUT2D eigenvalue weighted by molar-refractivity contribution is 5.73. The Labute approximate surface area is 90.9 Å². The second-order valence-electron chi connectivity index (χ2n) is 3.86. The fourth-order valence-corrected chi connectivity index (χ4v) is 1.58. The lowest BCUT2D eigenvalue weighted by Gasteiger charge is -2.11. The van der Waals surface area contributed by atoms with E-state index in [0.29, 0.717) is 0 Å². The van der Waals surface area contributed by atoms with Crippen LogP contribution in [0.15, 0.2) is 24.5 Å². The van der Waals surface area contributed by atoms with Crippen molar-refractivity contribution in [1.82, 2.24) is 10.3 Å². The lowest BCUT2D eigenvalue weighted by Crippen LogP contribution is -2.30. The summed E-state index contributed by atoms with van der Waals surface area (Å²) in [5, 5.41) is 2.87. The summed E-state index contributed by atoms with van der Waals surface area (Å²) in [6.45, 7) is 3.59. The number of rotatable bonds is 5. The van der Waals surface area contributed by atoms with Gasteiger partial charge >= 0.3 is 0 Å². The van der Waals surface area contributed by atoms with Crippen LogP contribution in [-0.2, 0) is 11.2 Å². The monoisotopic (exact) mass is 206 g/mol. The standard InChI is InChI=1S/C12H18N2O/c1-10(14-11(2)15)5-3-6-12-7-4-8-13-9-12/h4,7-10H,3,5-6H2,1-2H3,(H,14,15). The molecule has 3 nitrogen and oxygen atoms in total. The molecule has 1 aromatic rings. The highest BCUT2D eigenvalue weighted by Crippen LogP contribution is 2.04. The Hall–Kier alpha value is -1.38. The van der Waals surface area contributed by atoms with E-state index in [1.807, 2.05) is 19.2 Å². The molecule has 1 N–H and O–H groups in total. The summed E-state index contributed by atoms with van der Waals surface area (Å²) >= 11 is 0. The van der Waals surface area contributed by atoms with Crippen molar-refractivity contribution in [3.8, 4) is 0 Å². The van der Waals surface area contributed by atoms with Crippen LogP contribution < -0.4 is 5.32 Å². The Balaban J connectivity index is 2.19. The molecule has 0 saturated heterocycles. The smallest absolute Gasteiger partial charge is 0.217 e. The van der Waals surface area contributed by atoms with E-state index >= 15 is 0 Å². The summed E-state index contributed by atoms with van der Waals surface area (Å²) in [5.41, 5.74) is 1.26. The van der Waals surface area contributed by atoms with Crippen LogP contribution in [0, 0.1) is 0 Å². The molecule has 1 heterocycles. The average Bonchev–Trinajstić information content (AvgIpc) is 2.18. The van der Waals surface area contributed by atoms with Gasteiger partial charge in [0.2, 0.25) is 5.91 Å². The van der Waals surface area contributed by atoms with Crippen molar-refractivity contribution in [1.29, 1.82) is 0 Å². The van der Waals surface area contributed by atoms with E-state index in [0.717, 1.165) is 19.3 Å². The maximum atomic E-state index is 10.8. The molecule has 1 rings (SSSR count). The number of carbonyl (C=O) groups is 1. The van der Waals surface area contributed by atoms with Crippen LogP contribution in [0.3, 0.4) is 0 Å². The van der Waals surface area contributed by atoms with E-state index < -0.39 is 0 Å². The van der Waals surface area contributed by atoms with E-state index in [9.17, 15) is 4.79 Å². The molecule has 1 unspecified atom stereocenters. The third-order valence-electron chi connectivity index (χ3n) is 2.28. The molecule has 1 aromatic heterocycles. The molecule has 82 valence electrons. The van der Waals surface area contributed by atoms with Crippen LogP contribution in [0.25, 0.3) is 0 Å². The maximum Gasteiger partial charge on any atom is 0.217 e. The quantitative estimate of drug-likeness (QED) is 0.799. The van der Waals surface area contributed by atoms with Gasteiger partial charge in [-0.25, -0.2) is 0 Å². The number of nitrogens with zero attached hydrogens (tertiary/aromatic N) is 1. The van der Waals surface area contributed by atoms with Gasteiger partial charge in [-0.3, -0.25) is 9.78 Å². The normalized spacial score (nSPS) is 12.1. The van der Waals surface area contributed by atoms with Crippen molar-refractivity contribution in [2.24, 2.45) is 0 Å². The number of aromatic nitrogens is 1. The largest absolute Gasteiger partial charge is 0.354 e. The first-order valence-corrected chi connectivity index (χ1v) is 5.34. The lowest BCUT2D eigenvalue weighted by molar-refractivity contribution is -0.119. The van der Waals surface area contributed by atoms with Gasteiger partial charge in [0.05, 0.1) is 0 Å². The maximum absolute atomic E-state index is 10.8. The second-order valence-corrected chi connectivity index (χ2v) is 3.86. The summed E-state index contributed by atoms with van der Waals surface area (Å²) in [7, 11) is 0. The van der Waals surface area contributed by atoms with Crippen LogP contribution in [-0.4, -0.2) is 16.9 Å². The molecular weight excluding hydrogens is 188 g/mol. The number of amides is 1. The zero-order valence-corrected chi connectivity index (χ0v) is 9.36. The molecule has 1 atom stereocenters. The number of aryl methyl sites for hydroxylation is 1. The first-order chi connectivity index (χ1) is 7.18. The molecule has 0 aliphatic heterocycles. The summed E-state index contributed by atoms with van der Waals surface area (Å²) in [4.78, 5) is 14.8. The second kappa shape index (κ2) is 6.17. The number of pyridine rings is 1. The number of hydrogen-bond acceptors (Lipinski definition) is 2. The predicted molar refractivity (Wildman–Crippen MR) is 60.5 cm³/mol. The van der Waals surface area contributed by atoms with Gasteiger partial charge in [-0.15, -0.1) is 0 Å².